The molecule has 76 heavy (non-hydrogen) atoms. The highest BCUT2D eigenvalue weighted by Gasteiger charge is 2.22. The number of nitrogens with zero attached hydrogens (tertiary/aromatic N) is 1. The fraction of sp³-hybridized carbons (Fsp3) is 0.866. The van der Waals surface area contributed by atoms with Crippen molar-refractivity contribution >= 4 is 17.9 Å². The second-order valence-electron chi connectivity index (χ2n) is 23.4. The Labute approximate surface area is 470 Å². The highest BCUT2D eigenvalue weighted by atomic mass is 16.7. The van der Waals surface area contributed by atoms with Crippen LogP contribution in [0.4, 0.5) is 0 Å². The molecular formula is C67H125NO8. The number of hydrogen-bond donors (Lipinski definition) is 0. The predicted molar refractivity (Wildman–Crippen MR) is 320 cm³/mol. The summed E-state index contributed by atoms with van der Waals surface area (Å²) >= 11 is 0. The van der Waals surface area contributed by atoms with E-state index < -0.39 is 24.3 Å². The van der Waals surface area contributed by atoms with Gasteiger partial charge in [-0.15, -0.1) is 0 Å². The van der Waals surface area contributed by atoms with Crippen LogP contribution in [0.1, 0.15) is 316 Å². The second-order valence-corrected chi connectivity index (χ2v) is 23.4. The lowest BCUT2D eigenvalue weighted by Gasteiger charge is -2.26. The third-order valence-corrected chi connectivity index (χ3v) is 14.7. The number of carboxylic acid groups (broad SMARTS) is 1. The maximum atomic E-state index is 12.8. The van der Waals surface area contributed by atoms with E-state index in [1.807, 2.05) is 21.1 Å². The molecule has 0 aliphatic carbocycles. The number of hydrogen-bond acceptors (Lipinski definition) is 8. The van der Waals surface area contributed by atoms with Gasteiger partial charge in [-0.3, -0.25) is 9.59 Å². The molecule has 0 saturated carbocycles. The standard InChI is InChI=1S/C67H125NO8/c1-6-8-10-12-14-16-18-20-22-23-24-25-26-27-28-29-30-31-32-33-34-35-36-37-38-39-40-41-42-44-45-47-49-51-53-55-57-64(69)74-61-63(62-75-67(66(71)72)73-60-59-68(3,4)5)76-65(70)58-56-54-52-50-48-46-43-21-19-17-15-13-11-9-7-2/h9,11,15,17,21,43,63,67H,6-8,10,12-14,16,18-20,22-42,44-62H2,1-5H3/b11-9-,17-15-,43-21-. The first kappa shape index (κ1) is 73.5. The maximum absolute atomic E-state index is 12.8. The van der Waals surface area contributed by atoms with E-state index in [2.05, 4.69) is 50.3 Å². The van der Waals surface area contributed by atoms with Crippen molar-refractivity contribution in [1.29, 1.82) is 0 Å². The molecule has 0 spiro atoms. The van der Waals surface area contributed by atoms with Gasteiger partial charge in [0.2, 0.25) is 0 Å². The maximum Gasteiger partial charge on any atom is 0.306 e. The molecule has 0 heterocycles. The van der Waals surface area contributed by atoms with E-state index in [0.717, 1.165) is 70.6 Å². The average molecular weight is 1070 g/mol. The van der Waals surface area contributed by atoms with Gasteiger partial charge in [0.1, 0.15) is 13.2 Å². The summed E-state index contributed by atoms with van der Waals surface area (Å²) in [7, 11) is 5.92. The van der Waals surface area contributed by atoms with E-state index in [-0.39, 0.29) is 32.2 Å². The summed E-state index contributed by atoms with van der Waals surface area (Å²) in [6, 6.07) is 0. The molecule has 0 rings (SSSR count). The second kappa shape index (κ2) is 58.7. The molecule has 0 aromatic carbocycles. The van der Waals surface area contributed by atoms with Gasteiger partial charge in [0, 0.05) is 12.8 Å². The molecule has 0 aromatic rings. The molecule has 2 atom stereocenters. The SMILES string of the molecule is CC/C=C\C/C=C\C/C=C\CCCCCCCC(=O)OC(COC(=O)CCCCCCCCCCCCCCCCCCCCCCCCCCCCCCCCCCCCCC)COC(OCC[N+](C)(C)C)C(=O)[O-]. The Hall–Kier alpha value is -2.49. The van der Waals surface area contributed by atoms with Crippen molar-refractivity contribution in [2.24, 2.45) is 0 Å². The number of unbranched alkanes of at least 4 members (excludes halogenated alkanes) is 40. The Kier molecular flexibility index (Phi) is 56.7. The minimum atomic E-state index is -1.62. The van der Waals surface area contributed by atoms with Crippen molar-refractivity contribution < 1.29 is 42.9 Å². The molecule has 0 aromatic heterocycles. The number of allylic oxidation sites excluding steroid dienone is 6. The number of rotatable bonds is 61. The monoisotopic (exact) mass is 1070 g/mol. The van der Waals surface area contributed by atoms with Crippen LogP contribution in [-0.2, 0) is 33.3 Å². The first-order valence-electron chi connectivity index (χ1n) is 32.6. The molecule has 0 N–H and O–H groups in total. The number of carbonyl (C=O) groups is 3. The topological polar surface area (TPSA) is 111 Å². The van der Waals surface area contributed by atoms with E-state index in [9.17, 15) is 19.5 Å². The van der Waals surface area contributed by atoms with E-state index in [1.165, 1.54) is 212 Å². The van der Waals surface area contributed by atoms with Gasteiger partial charge in [-0.25, -0.2) is 0 Å². The number of aliphatic carboxylic acids is 1. The molecule has 0 saturated heterocycles. The predicted octanol–water partition coefficient (Wildman–Crippen LogP) is 18.3. The number of quaternary nitrogens is 1. The smallest absolute Gasteiger partial charge is 0.306 e. The summed E-state index contributed by atoms with van der Waals surface area (Å²) in [6.07, 6.45) is 69.6. The molecule has 9 nitrogen and oxygen atoms in total. The summed E-state index contributed by atoms with van der Waals surface area (Å²) in [4.78, 5) is 37.3. The number of likely N-dealkylation sites (N-methyl/N-ethyl adjacent to an activating group) is 1. The van der Waals surface area contributed by atoms with Crippen molar-refractivity contribution in [3.05, 3.63) is 36.5 Å². The van der Waals surface area contributed by atoms with Gasteiger partial charge in [0.05, 0.1) is 40.3 Å². The number of carboxylic acids is 1. The Balaban J connectivity index is 3.95. The van der Waals surface area contributed by atoms with Gasteiger partial charge in [-0.05, 0) is 44.9 Å². The first-order valence-corrected chi connectivity index (χ1v) is 32.6. The Morgan fingerprint density at radius 2 is 0.750 bits per heavy atom. The average Bonchev–Trinajstić information content (AvgIpc) is 3.39. The van der Waals surface area contributed by atoms with E-state index in [0.29, 0.717) is 23.9 Å². The summed E-state index contributed by atoms with van der Waals surface area (Å²) in [6.45, 7) is 4.66. The van der Waals surface area contributed by atoms with E-state index in [1.54, 1.807) is 0 Å². The molecule has 0 amide bonds. The van der Waals surface area contributed by atoms with Crippen LogP contribution in [0.3, 0.4) is 0 Å². The molecule has 9 heteroatoms. The summed E-state index contributed by atoms with van der Waals surface area (Å²) in [5, 5.41) is 11.8. The van der Waals surface area contributed by atoms with Gasteiger partial charge in [-0.2, -0.15) is 0 Å². The number of esters is 2. The van der Waals surface area contributed by atoms with Crippen molar-refractivity contribution in [2.75, 3.05) is 47.5 Å². The minimum Gasteiger partial charge on any atom is -0.545 e. The van der Waals surface area contributed by atoms with Crippen LogP contribution >= 0.6 is 0 Å². The minimum absolute atomic E-state index is 0.145. The lowest BCUT2D eigenvalue weighted by atomic mass is 10.0. The Bertz CT molecular complexity index is 1340. The third kappa shape index (κ3) is 59.2. The summed E-state index contributed by atoms with van der Waals surface area (Å²) in [5.74, 6) is -2.29. The summed E-state index contributed by atoms with van der Waals surface area (Å²) in [5.41, 5.74) is 0. The van der Waals surface area contributed by atoms with Gasteiger partial charge >= 0.3 is 11.9 Å². The molecule has 2 unspecified atom stereocenters. The van der Waals surface area contributed by atoms with Gasteiger partial charge in [0.25, 0.3) is 0 Å². The molecule has 0 bridgehead atoms. The van der Waals surface area contributed by atoms with E-state index >= 15 is 0 Å². The first-order chi connectivity index (χ1) is 37.1. The molecule has 0 aliphatic rings. The molecule has 0 fully saturated rings. The largest absolute Gasteiger partial charge is 0.545 e. The highest BCUT2D eigenvalue weighted by Crippen LogP contribution is 2.18. The quantitative estimate of drug-likeness (QED) is 0.0195. The Morgan fingerprint density at radius 3 is 1.12 bits per heavy atom. The van der Waals surface area contributed by atoms with Gasteiger partial charge in [0.15, 0.2) is 12.4 Å². The van der Waals surface area contributed by atoms with Crippen LogP contribution in [-0.4, -0.2) is 82.3 Å². The van der Waals surface area contributed by atoms with Gasteiger partial charge < -0.3 is 33.3 Å². The number of ether oxygens (including phenoxy) is 4. The molecule has 0 aliphatic heterocycles. The van der Waals surface area contributed by atoms with Crippen LogP contribution in [0, 0.1) is 0 Å². The normalized spacial score (nSPS) is 12.9. The zero-order valence-corrected chi connectivity index (χ0v) is 50.9. The molecular weight excluding hydrogens is 947 g/mol. The fourth-order valence-corrected chi connectivity index (χ4v) is 9.67. The van der Waals surface area contributed by atoms with Crippen LogP contribution in [0.25, 0.3) is 0 Å². The van der Waals surface area contributed by atoms with Crippen molar-refractivity contribution in [2.45, 2.75) is 328 Å². The van der Waals surface area contributed by atoms with E-state index in [4.69, 9.17) is 18.9 Å². The van der Waals surface area contributed by atoms with Crippen LogP contribution < -0.4 is 5.11 Å². The highest BCUT2D eigenvalue weighted by molar-refractivity contribution is 5.70. The lowest BCUT2D eigenvalue weighted by Crippen LogP contribution is -2.44. The zero-order chi connectivity index (χ0) is 55.5. The Morgan fingerprint density at radius 1 is 0.408 bits per heavy atom. The lowest BCUT2D eigenvalue weighted by molar-refractivity contribution is -0.870. The summed E-state index contributed by atoms with van der Waals surface area (Å²) < 4.78 is 22.7. The zero-order valence-electron chi connectivity index (χ0n) is 50.9. The van der Waals surface area contributed by atoms with Crippen molar-refractivity contribution in [1.82, 2.24) is 0 Å². The van der Waals surface area contributed by atoms with Crippen molar-refractivity contribution in [3.63, 3.8) is 0 Å². The number of carbonyl (C=O) groups excluding carboxylic acids is 3. The molecule has 446 valence electrons. The van der Waals surface area contributed by atoms with Crippen LogP contribution in [0.15, 0.2) is 36.5 Å². The fourth-order valence-electron chi connectivity index (χ4n) is 9.67. The van der Waals surface area contributed by atoms with Gasteiger partial charge in [-0.1, -0.05) is 294 Å². The van der Waals surface area contributed by atoms with Crippen LogP contribution in [0.5, 0.6) is 0 Å². The molecule has 0 radical (unpaired) electrons. The van der Waals surface area contributed by atoms with Crippen LogP contribution in [0.2, 0.25) is 0 Å². The third-order valence-electron chi connectivity index (χ3n) is 14.7. The van der Waals surface area contributed by atoms with Crippen molar-refractivity contribution in [3.8, 4) is 0 Å².